The van der Waals surface area contributed by atoms with Crippen LogP contribution in [0.25, 0.3) is 0 Å². The van der Waals surface area contributed by atoms with Gasteiger partial charge in [0.2, 0.25) is 5.79 Å². The number of ether oxygens (including phenoxy) is 2. The van der Waals surface area contributed by atoms with Crippen LogP contribution in [-0.4, -0.2) is 23.5 Å². The number of esters is 1. The van der Waals surface area contributed by atoms with Crippen molar-refractivity contribution in [2.45, 2.75) is 38.4 Å². The van der Waals surface area contributed by atoms with Crippen LogP contribution in [0.1, 0.15) is 31.7 Å². The topological polar surface area (TPSA) is 55.8 Å². The van der Waals surface area contributed by atoms with Gasteiger partial charge in [0.25, 0.3) is 0 Å². The maximum absolute atomic E-state index is 11.9. The van der Waals surface area contributed by atoms with Crippen LogP contribution in [-0.2, 0) is 20.7 Å². The molecule has 1 unspecified atom stereocenters. The summed E-state index contributed by atoms with van der Waals surface area (Å²) >= 11 is 0. The largest absolute Gasteiger partial charge is 0.494 e. The third-order valence-electron chi connectivity index (χ3n) is 3.35. The van der Waals surface area contributed by atoms with Crippen molar-refractivity contribution in [2.75, 3.05) is 6.61 Å². The van der Waals surface area contributed by atoms with Gasteiger partial charge in [-0.2, -0.15) is 0 Å². The molecule has 1 aromatic rings. The van der Waals surface area contributed by atoms with E-state index in [1.165, 1.54) is 6.08 Å². The van der Waals surface area contributed by atoms with Crippen molar-refractivity contribution in [3.8, 4) is 0 Å². The average Bonchev–Trinajstić information content (AvgIpc) is 2.50. The third-order valence-corrected chi connectivity index (χ3v) is 3.35. The molecule has 0 aromatic heterocycles. The van der Waals surface area contributed by atoms with Crippen molar-refractivity contribution in [1.29, 1.82) is 0 Å². The van der Waals surface area contributed by atoms with Gasteiger partial charge in [-0.1, -0.05) is 43.7 Å². The van der Waals surface area contributed by atoms with Crippen LogP contribution in [0.2, 0.25) is 0 Å². The summed E-state index contributed by atoms with van der Waals surface area (Å²) in [5.41, 5.74) is 0.856. The molecule has 0 radical (unpaired) electrons. The van der Waals surface area contributed by atoms with Crippen molar-refractivity contribution in [2.24, 2.45) is 0 Å². The van der Waals surface area contributed by atoms with Crippen LogP contribution >= 0.6 is 0 Å². The van der Waals surface area contributed by atoms with E-state index in [4.69, 9.17) is 9.47 Å². The lowest BCUT2D eigenvalue weighted by atomic mass is 10.1. The molecule has 2 rings (SSSR count). The molecule has 1 atom stereocenters. The molecule has 4 nitrogen and oxygen atoms in total. The Labute approximate surface area is 131 Å². The molecule has 1 aliphatic rings. The Balaban J connectivity index is 1.83. The Morgan fingerprint density at radius 3 is 2.73 bits per heavy atom. The number of carbonyl (C=O) groups is 1. The number of carbonyl (C=O) groups excluding carboxylic acids is 1. The SMILES string of the molecule is CCCCOC1=CCC(O)(OC(=O)Cc2ccccc2)C=C1. The molecule has 4 heteroatoms. The van der Waals surface area contributed by atoms with Crippen molar-refractivity contribution < 1.29 is 19.4 Å². The fourth-order valence-corrected chi connectivity index (χ4v) is 2.11. The summed E-state index contributed by atoms with van der Waals surface area (Å²) in [7, 11) is 0. The molecule has 0 amide bonds. The lowest BCUT2D eigenvalue weighted by Crippen LogP contribution is -2.34. The summed E-state index contributed by atoms with van der Waals surface area (Å²) in [6.07, 6.45) is 7.25. The third kappa shape index (κ3) is 5.04. The summed E-state index contributed by atoms with van der Waals surface area (Å²) in [6, 6.07) is 9.31. The molecule has 0 saturated carbocycles. The standard InChI is InChI=1S/C18H22O4/c1-2-3-13-21-16-9-11-18(20,12-10-16)22-17(19)14-15-7-5-4-6-8-15/h4-11,20H,2-3,12-14H2,1H3. The van der Waals surface area contributed by atoms with Gasteiger partial charge < -0.3 is 14.6 Å². The van der Waals surface area contributed by atoms with Crippen LogP contribution in [0, 0.1) is 0 Å². The predicted octanol–water partition coefficient (Wildman–Crippen LogP) is 3.12. The van der Waals surface area contributed by atoms with E-state index in [9.17, 15) is 9.90 Å². The Kier molecular flexibility index (Phi) is 5.78. The molecular formula is C18H22O4. The van der Waals surface area contributed by atoms with Gasteiger partial charge in [-0.25, -0.2) is 0 Å². The molecule has 1 N–H and O–H groups in total. The molecule has 0 spiro atoms. The van der Waals surface area contributed by atoms with Gasteiger partial charge in [0.15, 0.2) is 0 Å². The Bertz CT molecular complexity index is 547. The molecule has 0 aliphatic heterocycles. The van der Waals surface area contributed by atoms with E-state index in [1.807, 2.05) is 30.3 Å². The zero-order valence-corrected chi connectivity index (χ0v) is 12.8. The van der Waals surface area contributed by atoms with E-state index >= 15 is 0 Å². The highest BCUT2D eigenvalue weighted by Gasteiger charge is 2.30. The molecule has 118 valence electrons. The van der Waals surface area contributed by atoms with Crippen LogP contribution in [0.5, 0.6) is 0 Å². The number of hydrogen-bond donors (Lipinski definition) is 1. The minimum absolute atomic E-state index is 0.139. The second-order valence-corrected chi connectivity index (χ2v) is 5.33. The number of allylic oxidation sites excluding steroid dienone is 1. The van der Waals surface area contributed by atoms with E-state index in [-0.39, 0.29) is 12.8 Å². The van der Waals surface area contributed by atoms with Crippen molar-refractivity contribution in [3.63, 3.8) is 0 Å². The van der Waals surface area contributed by atoms with E-state index in [0.717, 1.165) is 18.4 Å². The molecule has 0 bridgehead atoms. The first-order valence-electron chi connectivity index (χ1n) is 7.61. The molecule has 0 saturated heterocycles. The smallest absolute Gasteiger partial charge is 0.313 e. The average molecular weight is 302 g/mol. The Morgan fingerprint density at radius 1 is 1.32 bits per heavy atom. The van der Waals surface area contributed by atoms with Gasteiger partial charge in [0.1, 0.15) is 5.76 Å². The quantitative estimate of drug-likeness (QED) is 0.477. The normalized spacial score (nSPS) is 20.4. The van der Waals surface area contributed by atoms with Gasteiger partial charge >= 0.3 is 5.97 Å². The van der Waals surface area contributed by atoms with Crippen LogP contribution < -0.4 is 0 Å². The van der Waals surface area contributed by atoms with Crippen LogP contribution in [0.15, 0.2) is 54.3 Å². The highest BCUT2D eigenvalue weighted by molar-refractivity contribution is 5.73. The van der Waals surface area contributed by atoms with Crippen molar-refractivity contribution in [3.05, 3.63) is 59.9 Å². The van der Waals surface area contributed by atoms with Crippen molar-refractivity contribution >= 4 is 5.97 Å². The summed E-state index contributed by atoms with van der Waals surface area (Å²) in [6.45, 7) is 2.75. The fourth-order valence-electron chi connectivity index (χ4n) is 2.11. The van der Waals surface area contributed by atoms with Crippen LogP contribution in [0.3, 0.4) is 0 Å². The molecule has 1 aliphatic carbocycles. The molecule has 1 aromatic carbocycles. The lowest BCUT2D eigenvalue weighted by Gasteiger charge is -2.26. The minimum Gasteiger partial charge on any atom is -0.494 e. The molecule has 0 heterocycles. The molecule has 0 fully saturated rings. The minimum atomic E-state index is -1.58. The monoisotopic (exact) mass is 302 g/mol. The Morgan fingerprint density at radius 2 is 2.09 bits per heavy atom. The molecular weight excluding hydrogens is 280 g/mol. The van der Waals surface area contributed by atoms with Crippen LogP contribution in [0.4, 0.5) is 0 Å². The van der Waals surface area contributed by atoms with Gasteiger partial charge in [-0.05, 0) is 30.2 Å². The fraction of sp³-hybridized carbons (Fsp3) is 0.389. The molecule has 22 heavy (non-hydrogen) atoms. The van der Waals surface area contributed by atoms with Gasteiger partial charge in [0, 0.05) is 6.42 Å². The number of unbranched alkanes of at least 4 members (excludes halogenated alkanes) is 1. The second kappa shape index (κ2) is 7.80. The first-order chi connectivity index (χ1) is 10.6. The lowest BCUT2D eigenvalue weighted by molar-refractivity contribution is -0.189. The highest BCUT2D eigenvalue weighted by atomic mass is 16.7. The highest BCUT2D eigenvalue weighted by Crippen LogP contribution is 2.23. The first-order valence-corrected chi connectivity index (χ1v) is 7.61. The van der Waals surface area contributed by atoms with Gasteiger partial charge in [-0.15, -0.1) is 0 Å². The number of aliphatic hydroxyl groups is 1. The van der Waals surface area contributed by atoms with E-state index in [0.29, 0.717) is 12.4 Å². The van der Waals surface area contributed by atoms with Gasteiger partial charge in [0.05, 0.1) is 13.0 Å². The number of rotatable bonds is 7. The van der Waals surface area contributed by atoms with Gasteiger partial charge in [-0.3, -0.25) is 4.79 Å². The zero-order valence-electron chi connectivity index (χ0n) is 12.8. The predicted molar refractivity (Wildman–Crippen MR) is 83.9 cm³/mol. The Hall–Kier alpha value is -2.07. The zero-order chi connectivity index (χ0) is 15.8. The summed E-state index contributed by atoms with van der Waals surface area (Å²) in [5.74, 6) is -1.33. The number of hydrogen-bond acceptors (Lipinski definition) is 4. The van der Waals surface area contributed by atoms with E-state index in [1.54, 1.807) is 12.2 Å². The van der Waals surface area contributed by atoms with Crippen molar-refractivity contribution in [1.82, 2.24) is 0 Å². The first kappa shape index (κ1) is 16.3. The van der Waals surface area contributed by atoms with E-state index in [2.05, 4.69) is 6.92 Å². The maximum atomic E-state index is 11.9. The second-order valence-electron chi connectivity index (χ2n) is 5.33. The van der Waals surface area contributed by atoms with E-state index < -0.39 is 11.8 Å². The summed E-state index contributed by atoms with van der Waals surface area (Å²) in [5, 5.41) is 10.3. The summed E-state index contributed by atoms with van der Waals surface area (Å²) < 4.78 is 10.7. The summed E-state index contributed by atoms with van der Waals surface area (Å²) in [4.78, 5) is 11.9. The number of benzene rings is 1. The maximum Gasteiger partial charge on any atom is 0.313 e.